The lowest BCUT2D eigenvalue weighted by atomic mass is 10.3. The van der Waals surface area contributed by atoms with Crippen LogP contribution >= 0.6 is 11.6 Å². The first-order valence-corrected chi connectivity index (χ1v) is 7.01. The zero-order chi connectivity index (χ0) is 14.4. The molecule has 0 N–H and O–H groups in total. The highest BCUT2D eigenvalue weighted by molar-refractivity contribution is 6.28. The molecule has 0 saturated carbocycles. The Labute approximate surface area is 124 Å². The van der Waals surface area contributed by atoms with E-state index in [2.05, 4.69) is 21.8 Å². The van der Waals surface area contributed by atoms with Crippen LogP contribution in [-0.2, 0) is 0 Å². The molecule has 106 valence electrons. The Morgan fingerprint density at radius 1 is 1.20 bits per heavy atom. The van der Waals surface area contributed by atoms with Gasteiger partial charge in [-0.15, -0.1) is 0 Å². The van der Waals surface area contributed by atoms with Crippen LogP contribution < -0.4 is 9.64 Å². The van der Waals surface area contributed by atoms with Crippen LogP contribution in [0, 0.1) is 6.92 Å². The summed E-state index contributed by atoms with van der Waals surface area (Å²) in [5, 5.41) is 0.280. The Morgan fingerprint density at radius 3 is 2.60 bits per heavy atom. The SMILES string of the molecule is CCN(CCOc1ccccc1)c1cc(C)nc(Cl)n1. The number of hydrogen-bond donors (Lipinski definition) is 0. The van der Waals surface area contributed by atoms with Crippen molar-refractivity contribution < 1.29 is 4.74 Å². The number of hydrogen-bond acceptors (Lipinski definition) is 4. The number of halogens is 1. The van der Waals surface area contributed by atoms with Crippen LogP contribution in [0.1, 0.15) is 12.6 Å². The van der Waals surface area contributed by atoms with E-state index < -0.39 is 0 Å². The average molecular weight is 292 g/mol. The summed E-state index contributed by atoms with van der Waals surface area (Å²) in [5.74, 6) is 1.71. The summed E-state index contributed by atoms with van der Waals surface area (Å²) in [5.41, 5.74) is 0.863. The number of likely N-dealkylation sites (N-methyl/N-ethyl adjacent to an activating group) is 1. The van der Waals surface area contributed by atoms with Crippen molar-refractivity contribution in [3.63, 3.8) is 0 Å². The summed E-state index contributed by atoms with van der Waals surface area (Å²) in [6.45, 7) is 6.17. The first-order chi connectivity index (χ1) is 9.69. The van der Waals surface area contributed by atoms with Gasteiger partial charge in [-0.25, -0.2) is 9.97 Å². The molecule has 1 aromatic heterocycles. The quantitative estimate of drug-likeness (QED) is 0.765. The fourth-order valence-electron chi connectivity index (χ4n) is 1.90. The predicted octanol–water partition coefficient (Wildman–Crippen LogP) is 3.34. The summed E-state index contributed by atoms with van der Waals surface area (Å²) in [6, 6.07) is 11.7. The van der Waals surface area contributed by atoms with Crippen LogP contribution in [0.4, 0.5) is 5.82 Å². The lowest BCUT2D eigenvalue weighted by molar-refractivity contribution is 0.324. The van der Waals surface area contributed by atoms with Gasteiger partial charge >= 0.3 is 0 Å². The van der Waals surface area contributed by atoms with Crippen molar-refractivity contribution in [2.24, 2.45) is 0 Å². The van der Waals surface area contributed by atoms with Crippen LogP contribution in [0.15, 0.2) is 36.4 Å². The Balaban J connectivity index is 1.95. The lowest BCUT2D eigenvalue weighted by Gasteiger charge is -2.22. The fourth-order valence-corrected chi connectivity index (χ4v) is 2.12. The van der Waals surface area contributed by atoms with E-state index in [4.69, 9.17) is 16.3 Å². The molecule has 0 atom stereocenters. The van der Waals surface area contributed by atoms with E-state index in [1.165, 1.54) is 0 Å². The van der Waals surface area contributed by atoms with Crippen molar-refractivity contribution in [1.29, 1.82) is 0 Å². The van der Waals surface area contributed by atoms with Crippen molar-refractivity contribution in [3.05, 3.63) is 47.4 Å². The highest BCUT2D eigenvalue weighted by Gasteiger charge is 2.08. The number of benzene rings is 1. The second-order valence-corrected chi connectivity index (χ2v) is 4.72. The van der Waals surface area contributed by atoms with Gasteiger partial charge in [-0.3, -0.25) is 0 Å². The molecule has 1 heterocycles. The molecule has 0 aliphatic rings. The first kappa shape index (κ1) is 14.6. The zero-order valence-corrected chi connectivity index (χ0v) is 12.5. The van der Waals surface area contributed by atoms with Crippen molar-refractivity contribution in [1.82, 2.24) is 9.97 Å². The second kappa shape index (κ2) is 7.10. The van der Waals surface area contributed by atoms with Gasteiger partial charge in [0.1, 0.15) is 18.2 Å². The molecule has 5 heteroatoms. The summed E-state index contributed by atoms with van der Waals surface area (Å²) in [4.78, 5) is 10.4. The van der Waals surface area contributed by atoms with Crippen molar-refractivity contribution in [2.75, 3.05) is 24.6 Å². The van der Waals surface area contributed by atoms with Crippen LogP contribution in [-0.4, -0.2) is 29.7 Å². The highest BCUT2D eigenvalue weighted by Crippen LogP contribution is 2.15. The number of nitrogens with zero attached hydrogens (tertiary/aromatic N) is 3. The number of para-hydroxylation sites is 1. The summed E-state index contributed by atoms with van der Waals surface area (Å²) < 4.78 is 5.70. The maximum absolute atomic E-state index is 5.90. The molecule has 0 radical (unpaired) electrons. The fraction of sp³-hybridized carbons (Fsp3) is 0.333. The van der Waals surface area contributed by atoms with Crippen LogP contribution in [0.25, 0.3) is 0 Å². The van der Waals surface area contributed by atoms with Crippen LogP contribution in [0.2, 0.25) is 5.28 Å². The molecule has 20 heavy (non-hydrogen) atoms. The predicted molar refractivity (Wildman–Crippen MR) is 81.6 cm³/mol. The molecule has 0 bridgehead atoms. The summed E-state index contributed by atoms with van der Waals surface area (Å²) >= 11 is 5.90. The van der Waals surface area contributed by atoms with Crippen LogP contribution in [0.5, 0.6) is 5.75 Å². The molecular weight excluding hydrogens is 274 g/mol. The maximum Gasteiger partial charge on any atom is 0.224 e. The van der Waals surface area contributed by atoms with Crippen molar-refractivity contribution in [3.8, 4) is 5.75 Å². The Hall–Kier alpha value is -1.81. The molecule has 0 amide bonds. The van der Waals surface area contributed by atoms with Gasteiger partial charge in [0, 0.05) is 18.3 Å². The Morgan fingerprint density at radius 2 is 1.95 bits per heavy atom. The summed E-state index contributed by atoms with van der Waals surface area (Å²) in [7, 11) is 0. The average Bonchev–Trinajstić information content (AvgIpc) is 2.43. The van der Waals surface area contributed by atoms with Gasteiger partial charge in [0.25, 0.3) is 0 Å². The zero-order valence-electron chi connectivity index (χ0n) is 11.7. The number of anilines is 1. The van der Waals surface area contributed by atoms with Gasteiger partial charge in [-0.1, -0.05) is 18.2 Å². The lowest BCUT2D eigenvalue weighted by Crippen LogP contribution is -2.29. The molecular formula is C15H18ClN3O. The molecule has 0 aliphatic heterocycles. The van der Waals surface area contributed by atoms with Gasteiger partial charge in [-0.2, -0.15) is 0 Å². The van der Waals surface area contributed by atoms with E-state index in [1.807, 2.05) is 43.3 Å². The van der Waals surface area contributed by atoms with Gasteiger partial charge in [0.2, 0.25) is 5.28 Å². The molecule has 0 unspecified atom stereocenters. The highest BCUT2D eigenvalue weighted by atomic mass is 35.5. The number of rotatable bonds is 6. The third kappa shape index (κ3) is 4.10. The van der Waals surface area contributed by atoms with Gasteiger partial charge in [-0.05, 0) is 37.6 Å². The minimum Gasteiger partial charge on any atom is -0.492 e. The smallest absolute Gasteiger partial charge is 0.224 e. The van der Waals surface area contributed by atoms with Gasteiger partial charge in [0.15, 0.2) is 0 Å². The molecule has 0 fully saturated rings. The minimum absolute atomic E-state index is 0.280. The van der Waals surface area contributed by atoms with E-state index in [-0.39, 0.29) is 5.28 Å². The molecule has 2 aromatic rings. The van der Waals surface area contributed by atoms with E-state index in [0.717, 1.165) is 30.4 Å². The van der Waals surface area contributed by atoms with Crippen molar-refractivity contribution in [2.45, 2.75) is 13.8 Å². The molecule has 4 nitrogen and oxygen atoms in total. The summed E-state index contributed by atoms with van der Waals surface area (Å²) in [6.07, 6.45) is 0. The third-order valence-corrected chi connectivity index (χ3v) is 3.06. The molecule has 1 aromatic carbocycles. The normalized spacial score (nSPS) is 10.3. The molecule has 2 rings (SSSR count). The van der Waals surface area contributed by atoms with Gasteiger partial charge in [0.05, 0.1) is 6.54 Å². The largest absolute Gasteiger partial charge is 0.492 e. The van der Waals surface area contributed by atoms with Gasteiger partial charge < -0.3 is 9.64 Å². The second-order valence-electron chi connectivity index (χ2n) is 4.38. The van der Waals surface area contributed by atoms with E-state index in [0.29, 0.717) is 6.61 Å². The standard InChI is InChI=1S/C15H18ClN3O/c1-3-19(14-11-12(2)17-15(16)18-14)9-10-20-13-7-5-4-6-8-13/h4-8,11H,3,9-10H2,1-2H3. The van der Waals surface area contributed by atoms with E-state index in [9.17, 15) is 0 Å². The number of aromatic nitrogens is 2. The topological polar surface area (TPSA) is 38.2 Å². The molecule has 0 aliphatic carbocycles. The minimum atomic E-state index is 0.280. The molecule has 0 saturated heterocycles. The third-order valence-electron chi connectivity index (χ3n) is 2.89. The van der Waals surface area contributed by atoms with Crippen molar-refractivity contribution >= 4 is 17.4 Å². The maximum atomic E-state index is 5.90. The van der Waals surface area contributed by atoms with E-state index >= 15 is 0 Å². The Bertz CT molecular complexity index is 528. The number of ether oxygens (including phenoxy) is 1. The Kier molecular flexibility index (Phi) is 5.18. The molecule has 0 spiro atoms. The number of aryl methyl sites for hydroxylation is 1. The van der Waals surface area contributed by atoms with E-state index in [1.54, 1.807) is 0 Å². The first-order valence-electron chi connectivity index (χ1n) is 6.63. The monoisotopic (exact) mass is 291 g/mol. The van der Waals surface area contributed by atoms with Crippen LogP contribution in [0.3, 0.4) is 0 Å².